The van der Waals surface area contributed by atoms with Gasteiger partial charge in [0.15, 0.2) is 0 Å². The van der Waals surface area contributed by atoms with E-state index in [1.54, 1.807) is 0 Å². The van der Waals surface area contributed by atoms with Crippen LogP contribution in [0.15, 0.2) is 0 Å². The van der Waals surface area contributed by atoms with Crippen molar-refractivity contribution < 1.29 is 9.59 Å². The van der Waals surface area contributed by atoms with Crippen LogP contribution < -0.4 is 10.6 Å². The molecule has 1 heterocycles. The number of amides is 2. The molecule has 1 saturated heterocycles. The van der Waals surface area contributed by atoms with Gasteiger partial charge in [0.2, 0.25) is 11.8 Å². The maximum Gasteiger partial charge on any atom is 0.242 e. The molecule has 0 spiro atoms. The second-order valence-corrected chi connectivity index (χ2v) is 6.69. The van der Waals surface area contributed by atoms with E-state index in [-0.39, 0.29) is 17.9 Å². The van der Waals surface area contributed by atoms with Gasteiger partial charge in [0.1, 0.15) is 6.04 Å². The van der Waals surface area contributed by atoms with Gasteiger partial charge in [0, 0.05) is 17.7 Å². The Kier molecular flexibility index (Phi) is 4.92. The van der Waals surface area contributed by atoms with E-state index in [0.717, 1.165) is 18.6 Å². The van der Waals surface area contributed by atoms with Crippen LogP contribution in [0.4, 0.5) is 0 Å². The van der Waals surface area contributed by atoms with Crippen molar-refractivity contribution in [2.45, 2.75) is 62.8 Å². The minimum absolute atomic E-state index is 0.00166. The van der Waals surface area contributed by atoms with Gasteiger partial charge in [-0.1, -0.05) is 13.3 Å². The zero-order chi connectivity index (χ0) is 13.0. The smallest absolute Gasteiger partial charge is 0.242 e. The molecule has 102 valence electrons. The van der Waals surface area contributed by atoms with Crippen LogP contribution in [0.2, 0.25) is 0 Å². The summed E-state index contributed by atoms with van der Waals surface area (Å²) in [7, 11) is 0. The van der Waals surface area contributed by atoms with Crippen molar-refractivity contribution in [1.29, 1.82) is 0 Å². The van der Waals surface area contributed by atoms with Crippen molar-refractivity contribution in [2.75, 3.05) is 5.75 Å². The van der Waals surface area contributed by atoms with Gasteiger partial charge in [0.25, 0.3) is 0 Å². The summed E-state index contributed by atoms with van der Waals surface area (Å²) in [5, 5.41) is 6.51. The van der Waals surface area contributed by atoms with E-state index < -0.39 is 0 Å². The summed E-state index contributed by atoms with van der Waals surface area (Å²) in [5.41, 5.74) is 0. The van der Waals surface area contributed by atoms with Crippen molar-refractivity contribution in [3.05, 3.63) is 0 Å². The molecule has 18 heavy (non-hydrogen) atoms. The van der Waals surface area contributed by atoms with E-state index in [1.807, 2.05) is 11.8 Å². The SMILES string of the molecule is CCS[C@@H]1CCC[C@@H](NC(=O)[C@@H]2CCC(=O)N2)C1. The summed E-state index contributed by atoms with van der Waals surface area (Å²) in [6.45, 7) is 2.18. The zero-order valence-electron chi connectivity index (χ0n) is 10.9. The van der Waals surface area contributed by atoms with Gasteiger partial charge in [-0.25, -0.2) is 0 Å². The Balaban J connectivity index is 1.78. The second kappa shape index (κ2) is 6.45. The molecule has 4 nitrogen and oxygen atoms in total. The van der Waals surface area contributed by atoms with Crippen LogP contribution in [0.3, 0.4) is 0 Å². The highest BCUT2D eigenvalue weighted by Gasteiger charge is 2.30. The van der Waals surface area contributed by atoms with Crippen molar-refractivity contribution in [3.63, 3.8) is 0 Å². The lowest BCUT2D eigenvalue weighted by molar-refractivity contribution is -0.126. The van der Waals surface area contributed by atoms with E-state index in [1.165, 1.54) is 12.8 Å². The maximum absolute atomic E-state index is 12.0. The van der Waals surface area contributed by atoms with Crippen LogP contribution >= 0.6 is 11.8 Å². The molecule has 0 unspecified atom stereocenters. The van der Waals surface area contributed by atoms with E-state index >= 15 is 0 Å². The molecule has 2 N–H and O–H groups in total. The minimum atomic E-state index is -0.295. The topological polar surface area (TPSA) is 58.2 Å². The molecule has 1 aliphatic carbocycles. The van der Waals surface area contributed by atoms with Crippen LogP contribution in [0, 0.1) is 0 Å². The monoisotopic (exact) mass is 270 g/mol. The molecule has 2 aliphatic rings. The van der Waals surface area contributed by atoms with E-state index in [9.17, 15) is 9.59 Å². The third-order valence-electron chi connectivity index (χ3n) is 3.69. The first-order valence-electron chi connectivity index (χ1n) is 6.90. The largest absolute Gasteiger partial charge is 0.352 e. The summed E-state index contributed by atoms with van der Waals surface area (Å²) < 4.78 is 0. The lowest BCUT2D eigenvalue weighted by Crippen LogP contribution is -2.47. The maximum atomic E-state index is 12.0. The first kappa shape index (κ1) is 13.7. The Bertz CT molecular complexity index is 320. The van der Waals surface area contributed by atoms with E-state index in [0.29, 0.717) is 24.1 Å². The van der Waals surface area contributed by atoms with Gasteiger partial charge in [-0.3, -0.25) is 9.59 Å². The number of thioether (sulfide) groups is 1. The molecule has 2 amide bonds. The standard InChI is InChI=1S/C13H22N2O2S/c1-2-18-10-5-3-4-9(8-10)14-13(17)11-6-7-12(16)15-11/h9-11H,2-8H2,1H3,(H,14,17)(H,15,16)/t9-,10-,11+/m1/s1. The predicted octanol–water partition coefficient (Wildman–Crippen LogP) is 1.45. The Labute approximate surface area is 113 Å². The normalized spacial score (nSPS) is 32.1. The number of nitrogens with one attached hydrogen (secondary N) is 2. The molecule has 2 rings (SSSR count). The average molecular weight is 270 g/mol. The van der Waals surface area contributed by atoms with Crippen molar-refractivity contribution in [2.24, 2.45) is 0 Å². The quantitative estimate of drug-likeness (QED) is 0.813. The van der Waals surface area contributed by atoms with Crippen molar-refractivity contribution in [1.82, 2.24) is 10.6 Å². The number of rotatable bonds is 4. The third-order valence-corrected chi connectivity index (χ3v) is 4.92. The van der Waals surface area contributed by atoms with Crippen LogP contribution in [0.25, 0.3) is 0 Å². The highest BCUT2D eigenvalue weighted by Crippen LogP contribution is 2.28. The zero-order valence-corrected chi connectivity index (χ0v) is 11.7. The summed E-state index contributed by atoms with van der Waals surface area (Å²) in [6.07, 6.45) is 5.74. The summed E-state index contributed by atoms with van der Waals surface area (Å²) in [5.74, 6) is 1.15. The van der Waals surface area contributed by atoms with Gasteiger partial charge in [-0.05, 0) is 31.4 Å². The molecule has 0 aromatic carbocycles. The summed E-state index contributed by atoms with van der Waals surface area (Å²) in [6, 6.07) is 0.00417. The number of carbonyl (C=O) groups is 2. The summed E-state index contributed by atoms with van der Waals surface area (Å²) >= 11 is 1.99. The van der Waals surface area contributed by atoms with Gasteiger partial charge in [-0.15, -0.1) is 0 Å². The van der Waals surface area contributed by atoms with Crippen LogP contribution in [-0.2, 0) is 9.59 Å². The number of hydrogen-bond acceptors (Lipinski definition) is 3. The lowest BCUT2D eigenvalue weighted by atomic mass is 9.94. The second-order valence-electron chi connectivity index (χ2n) is 5.11. The number of carbonyl (C=O) groups excluding carboxylic acids is 2. The molecular formula is C13H22N2O2S. The van der Waals surface area contributed by atoms with E-state index in [2.05, 4.69) is 17.6 Å². The fourth-order valence-electron chi connectivity index (χ4n) is 2.78. The molecule has 5 heteroatoms. The Morgan fingerprint density at radius 3 is 2.94 bits per heavy atom. The highest BCUT2D eigenvalue weighted by molar-refractivity contribution is 7.99. The van der Waals surface area contributed by atoms with Gasteiger partial charge < -0.3 is 10.6 Å². The fraction of sp³-hybridized carbons (Fsp3) is 0.846. The first-order valence-corrected chi connectivity index (χ1v) is 7.95. The molecule has 0 aromatic rings. The molecule has 0 bridgehead atoms. The lowest BCUT2D eigenvalue weighted by Gasteiger charge is -2.30. The van der Waals surface area contributed by atoms with Crippen LogP contribution in [0.5, 0.6) is 0 Å². The molecule has 3 atom stereocenters. The first-order chi connectivity index (χ1) is 8.69. The minimum Gasteiger partial charge on any atom is -0.352 e. The Hall–Kier alpha value is -0.710. The third kappa shape index (κ3) is 3.64. The molecule has 2 fully saturated rings. The average Bonchev–Trinajstić information content (AvgIpc) is 2.77. The Morgan fingerprint density at radius 2 is 2.28 bits per heavy atom. The van der Waals surface area contributed by atoms with Crippen LogP contribution in [0.1, 0.15) is 45.4 Å². The van der Waals surface area contributed by atoms with E-state index in [4.69, 9.17) is 0 Å². The Morgan fingerprint density at radius 1 is 1.44 bits per heavy atom. The van der Waals surface area contributed by atoms with Gasteiger partial charge in [-0.2, -0.15) is 11.8 Å². The molecule has 1 aliphatic heterocycles. The number of hydrogen-bond donors (Lipinski definition) is 2. The molecule has 0 aromatic heterocycles. The van der Waals surface area contributed by atoms with Crippen molar-refractivity contribution >= 4 is 23.6 Å². The molecular weight excluding hydrogens is 248 g/mol. The highest BCUT2D eigenvalue weighted by atomic mass is 32.2. The van der Waals surface area contributed by atoms with Gasteiger partial charge in [0.05, 0.1) is 0 Å². The van der Waals surface area contributed by atoms with Crippen LogP contribution in [-0.4, -0.2) is 34.9 Å². The molecule has 0 radical (unpaired) electrons. The fourth-order valence-corrected chi connectivity index (χ4v) is 3.95. The summed E-state index contributed by atoms with van der Waals surface area (Å²) in [4.78, 5) is 23.1. The predicted molar refractivity (Wildman–Crippen MR) is 73.5 cm³/mol. The van der Waals surface area contributed by atoms with Crippen molar-refractivity contribution in [3.8, 4) is 0 Å². The molecule has 1 saturated carbocycles. The van der Waals surface area contributed by atoms with Gasteiger partial charge >= 0.3 is 0 Å².